The molecule has 0 saturated carbocycles. The zero-order chi connectivity index (χ0) is 9.40. The Morgan fingerprint density at radius 3 is 2.75 bits per heavy atom. The Morgan fingerprint density at radius 1 is 1.58 bits per heavy atom. The molecule has 0 heterocycles. The van der Waals surface area contributed by atoms with Gasteiger partial charge in [0.1, 0.15) is 0 Å². The van der Waals surface area contributed by atoms with E-state index in [1.807, 2.05) is 0 Å². The van der Waals surface area contributed by atoms with Crippen LogP contribution in [-0.2, 0) is 0 Å². The lowest BCUT2D eigenvalue weighted by atomic mass is 10.3. The minimum atomic E-state index is 0.710. The minimum Gasteiger partial charge on any atom is -0.401 e. The Hall–Kier alpha value is -0.570. The van der Waals surface area contributed by atoms with E-state index >= 15 is 0 Å². The van der Waals surface area contributed by atoms with Crippen molar-refractivity contribution >= 4 is 22.1 Å². The van der Waals surface area contributed by atoms with Gasteiger partial charge in [-0.1, -0.05) is 19.4 Å². The van der Waals surface area contributed by atoms with Gasteiger partial charge in [0.2, 0.25) is 0 Å². The van der Waals surface area contributed by atoms with Crippen molar-refractivity contribution in [1.82, 2.24) is 0 Å². The van der Waals surface area contributed by atoms with Crippen molar-refractivity contribution in [1.29, 1.82) is 0 Å². The van der Waals surface area contributed by atoms with Crippen molar-refractivity contribution in [3.8, 4) is 0 Å². The molecule has 0 rings (SSSR count). The summed E-state index contributed by atoms with van der Waals surface area (Å²) in [5, 5.41) is 0. The summed E-state index contributed by atoms with van der Waals surface area (Å²) in [5.74, 6) is 0. The number of nitrogens with two attached hydrogens (primary N) is 1. The second kappa shape index (κ2) is 7.10. The van der Waals surface area contributed by atoms with Crippen LogP contribution < -0.4 is 5.73 Å². The molecule has 0 aromatic heterocycles. The maximum atomic E-state index is 5.39. The van der Waals surface area contributed by atoms with Crippen molar-refractivity contribution < 1.29 is 0 Å². The molecule has 0 amide bonds. The SMILES string of the molecule is CCC/C=C(Br)/C=N/C=C(\C)N. The highest BCUT2D eigenvalue weighted by Gasteiger charge is 1.82. The topological polar surface area (TPSA) is 38.4 Å². The van der Waals surface area contributed by atoms with Crippen molar-refractivity contribution in [2.75, 3.05) is 0 Å². The summed E-state index contributed by atoms with van der Waals surface area (Å²) in [5.41, 5.74) is 6.10. The smallest absolute Gasteiger partial charge is 0.0452 e. The molecule has 0 saturated heterocycles. The van der Waals surface area contributed by atoms with Crippen LogP contribution in [0.4, 0.5) is 0 Å². The normalized spacial score (nSPS) is 14.2. The summed E-state index contributed by atoms with van der Waals surface area (Å²) in [4.78, 5) is 4.00. The number of nitrogens with zero attached hydrogens (tertiary/aromatic N) is 1. The summed E-state index contributed by atoms with van der Waals surface area (Å²) in [7, 11) is 0. The fourth-order valence-electron chi connectivity index (χ4n) is 0.561. The molecule has 0 aliphatic heterocycles. The van der Waals surface area contributed by atoms with Crippen LogP contribution in [0.5, 0.6) is 0 Å². The third kappa shape index (κ3) is 7.54. The minimum absolute atomic E-state index is 0.710. The van der Waals surface area contributed by atoms with Gasteiger partial charge in [-0.2, -0.15) is 0 Å². The van der Waals surface area contributed by atoms with E-state index in [1.54, 1.807) is 19.3 Å². The van der Waals surface area contributed by atoms with E-state index < -0.39 is 0 Å². The van der Waals surface area contributed by atoms with Crippen LogP contribution >= 0.6 is 15.9 Å². The highest BCUT2D eigenvalue weighted by Crippen LogP contribution is 2.04. The average Bonchev–Trinajstić information content (AvgIpc) is 2.00. The van der Waals surface area contributed by atoms with E-state index in [0.29, 0.717) is 5.70 Å². The summed E-state index contributed by atoms with van der Waals surface area (Å²) >= 11 is 3.37. The molecular weight excluding hydrogens is 216 g/mol. The van der Waals surface area contributed by atoms with Crippen molar-refractivity contribution in [3.05, 3.63) is 22.5 Å². The third-order valence-corrected chi connectivity index (χ3v) is 1.63. The lowest BCUT2D eigenvalue weighted by Crippen LogP contribution is -1.88. The van der Waals surface area contributed by atoms with E-state index in [-0.39, 0.29) is 0 Å². The predicted octanol–water partition coefficient (Wildman–Crippen LogP) is 2.96. The van der Waals surface area contributed by atoms with Gasteiger partial charge in [-0.15, -0.1) is 0 Å². The van der Waals surface area contributed by atoms with Crippen molar-refractivity contribution in [2.24, 2.45) is 10.7 Å². The van der Waals surface area contributed by atoms with Gasteiger partial charge in [0.05, 0.1) is 0 Å². The molecule has 0 atom stereocenters. The lowest BCUT2D eigenvalue weighted by molar-refractivity contribution is 0.959. The van der Waals surface area contributed by atoms with Crippen molar-refractivity contribution in [2.45, 2.75) is 26.7 Å². The third-order valence-electron chi connectivity index (χ3n) is 1.10. The number of aliphatic imine (C=N–C) groups is 1. The first-order chi connectivity index (χ1) is 5.66. The van der Waals surface area contributed by atoms with Gasteiger partial charge in [0.15, 0.2) is 0 Å². The molecule has 3 heteroatoms. The Labute approximate surface area is 82.4 Å². The molecule has 0 fully saturated rings. The van der Waals surface area contributed by atoms with Gasteiger partial charge < -0.3 is 5.73 Å². The van der Waals surface area contributed by atoms with Gasteiger partial charge in [0.25, 0.3) is 0 Å². The number of rotatable bonds is 4. The molecule has 0 bridgehead atoms. The van der Waals surface area contributed by atoms with Gasteiger partial charge in [-0.25, -0.2) is 0 Å². The van der Waals surface area contributed by atoms with Crippen molar-refractivity contribution in [3.63, 3.8) is 0 Å². The van der Waals surface area contributed by atoms with Crippen LogP contribution in [0.15, 0.2) is 27.4 Å². The zero-order valence-corrected chi connectivity index (χ0v) is 9.13. The predicted molar refractivity (Wildman–Crippen MR) is 58.4 cm³/mol. The Bertz CT molecular complexity index is 201. The summed E-state index contributed by atoms with van der Waals surface area (Å²) < 4.78 is 1.00. The van der Waals surface area contributed by atoms with Gasteiger partial charge in [-0.3, -0.25) is 4.99 Å². The van der Waals surface area contributed by atoms with E-state index in [1.165, 1.54) is 0 Å². The summed E-state index contributed by atoms with van der Waals surface area (Å²) in [6.07, 6.45) is 7.67. The van der Waals surface area contributed by atoms with Crippen LogP contribution in [0, 0.1) is 0 Å². The maximum absolute atomic E-state index is 5.39. The molecule has 0 aromatic rings. The Kier molecular flexibility index (Phi) is 6.76. The van der Waals surface area contributed by atoms with E-state index in [0.717, 1.165) is 17.3 Å². The van der Waals surface area contributed by atoms with Gasteiger partial charge in [0, 0.05) is 22.6 Å². The molecule has 0 unspecified atom stereocenters. The highest BCUT2D eigenvalue weighted by molar-refractivity contribution is 9.12. The van der Waals surface area contributed by atoms with Crippen LogP contribution in [0.2, 0.25) is 0 Å². The summed E-state index contributed by atoms with van der Waals surface area (Å²) in [6.45, 7) is 3.94. The summed E-state index contributed by atoms with van der Waals surface area (Å²) in [6, 6.07) is 0. The van der Waals surface area contributed by atoms with Crippen LogP contribution in [0.25, 0.3) is 0 Å². The molecule has 12 heavy (non-hydrogen) atoms. The zero-order valence-electron chi connectivity index (χ0n) is 7.55. The highest BCUT2D eigenvalue weighted by atomic mass is 79.9. The number of hydrogen-bond acceptors (Lipinski definition) is 2. The second-order valence-corrected chi connectivity index (χ2v) is 3.44. The molecule has 0 spiro atoms. The Balaban J connectivity index is 3.90. The monoisotopic (exact) mass is 230 g/mol. The largest absolute Gasteiger partial charge is 0.401 e. The molecule has 2 nitrogen and oxygen atoms in total. The molecular formula is C9H15BrN2. The first kappa shape index (κ1) is 11.4. The maximum Gasteiger partial charge on any atom is 0.0452 e. The molecule has 0 radical (unpaired) electrons. The fraction of sp³-hybridized carbons (Fsp3) is 0.444. The fourth-order valence-corrected chi connectivity index (χ4v) is 0.908. The molecule has 0 aromatic carbocycles. The number of halogens is 1. The Morgan fingerprint density at radius 2 is 2.25 bits per heavy atom. The molecule has 2 N–H and O–H groups in total. The van der Waals surface area contributed by atoms with E-state index in [4.69, 9.17) is 5.73 Å². The van der Waals surface area contributed by atoms with Gasteiger partial charge >= 0.3 is 0 Å². The number of allylic oxidation sites excluding steroid dienone is 3. The van der Waals surface area contributed by atoms with Crippen LogP contribution in [0.1, 0.15) is 26.7 Å². The quantitative estimate of drug-likeness (QED) is 0.742. The average molecular weight is 231 g/mol. The first-order valence-corrected chi connectivity index (χ1v) is 4.77. The number of hydrogen-bond donors (Lipinski definition) is 1. The van der Waals surface area contributed by atoms with Gasteiger partial charge in [-0.05, 0) is 29.3 Å². The van der Waals surface area contributed by atoms with Crippen LogP contribution in [-0.4, -0.2) is 6.21 Å². The molecule has 68 valence electrons. The van der Waals surface area contributed by atoms with E-state index in [2.05, 4.69) is 33.9 Å². The first-order valence-electron chi connectivity index (χ1n) is 3.98. The molecule has 0 aliphatic rings. The number of unbranched alkanes of at least 4 members (excludes halogenated alkanes) is 1. The second-order valence-electron chi connectivity index (χ2n) is 2.53. The molecule has 0 aliphatic carbocycles. The lowest BCUT2D eigenvalue weighted by Gasteiger charge is -1.88. The standard InChI is InChI=1S/C9H15BrN2/c1-3-4-5-9(10)7-12-6-8(2)11/h5-7H,3-4,11H2,1-2H3/b8-6+,9-5-,12-7+. The van der Waals surface area contributed by atoms with E-state index in [9.17, 15) is 0 Å². The van der Waals surface area contributed by atoms with Crippen LogP contribution in [0.3, 0.4) is 0 Å².